The lowest BCUT2D eigenvalue weighted by Gasteiger charge is -2.31. The van der Waals surface area contributed by atoms with E-state index >= 15 is 0 Å². The van der Waals surface area contributed by atoms with E-state index in [1.807, 2.05) is 0 Å². The molecule has 1 aliphatic rings. The van der Waals surface area contributed by atoms with Crippen LogP contribution in [0.4, 0.5) is 0 Å². The van der Waals surface area contributed by atoms with Crippen LogP contribution in [-0.2, 0) is 6.42 Å². The number of nitrogens with one attached hydrogen (secondary N) is 1. The van der Waals surface area contributed by atoms with Crippen LogP contribution < -0.4 is 5.32 Å². The molecule has 1 aromatic rings. The number of aromatic nitrogens is 3. The van der Waals surface area contributed by atoms with Gasteiger partial charge in [0.05, 0.1) is 0 Å². The van der Waals surface area contributed by atoms with E-state index in [1.54, 1.807) is 6.33 Å². The van der Waals surface area contributed by atoms with Gasteiger partial charge in [0.1, 0.15) is 12.2 Å². The fourth-order valence-electron chi connectivity index (χ4n) is 2.76. The number of hydrogen-bond acceptors (Lipinski definition) is 3. The Morgan fingerprint density at radius 3 is 2.58 bits per heavy atom. The Kier molecular flexibility index (Phi) is 4.29. The van der Waals surface area contributed by atoms with E-state index in [1.165, 1.54) is 12.8 Å². The molecule has 2 rings (SSSR count). The predicted octanol–water partition coefficient (Wildman–Crippen LogP) is 2.82. The van der Waals surface area contributed by atoms with Gasteiger partial charge in [-0.1, -0.05) is 20.8 Å². The van der Waals surface area contributed by atoms with E-state index in [9.17, 15) is 0 Å². The zero-order chi connectivity index (χ0) is 14.0. The van der Waals surface area contributed by atoms with Gasteiger partial charge in [0.25, 0.3) is 0 Å². The second-order valence-corrected chi connectivity index (χ2v) is 6.86. The molecule has 1 saturated carbocycles. The summed E-state index contributed by atoms with van der Waals surface area (Å²) >= 11 is 0. The minimum atomic E-state index is 0.309. The molecule has 1 aromatic heterocycles. The summed E-state index contributed by atoms with van der Waals surface area (Å²) in [6, 6.07) is 0.931. The predicted molar refractivity (Wildman–Crippen MR) is 78.1 cm³/mol. The summed E-state index contributed by atoms with van der Waals surface area (Å²) in [6.07, 6.45) is 5.45. The Morgan fingerprint density at radius 2 is 2.05 bits per heavy atom. The average molecular weight is 264 g/mol. The third kappa shape index (κ3) is 3.56. The van der Waals surface area contributed by atoms with Crippen LogP contribution in [0.3, 0.4) is 0 Å². The molecule has 1 unspecified atom stereocenters. The van der Waals surface area contributed by atoms with Crippen LogP contribution in [0.1, 0.15) is 59.3 Å². The smallest absolute Gasteiger partial charge is 0.138 e. The topological polar surface area (TPSA) is 42.7 Å². The molecule has 0 spiro atoms. The normalized spacial score (nSPS) is 19.1. The first-order chi connectivity index (χ1) is 8.92. The third-order valence-electron chi connectivity index (χ3n) is 4.18. The first-order valence-corrected chi connectivity index (χ1v) is 7.54. The van der Waals surface area contributed by atoms with Crippen molar-refractivity contribution < 1.29 is 0 Å². The summed E-state index contributed by atoms with van der Waals surface area (Å²) in [4.78, 5) is 4.48. The number of nitrogens with zero attached hydrogens (tertiary/aromatic N) is 3. The van der Waals surface area contributed by atoms with Crippen LogP contribution in [0.25, 0.3) is 0 Å². The van der Waals surface area contributed by atoms with Crippen molar-refractivity contribution in [3.63, 3.8) is 0 Å². The van der Waals surface area contributed by atoms with Crippen molar-refractivity contribution in [2.45, 2.75) is 66.0 Å². The van der Waals surface area contributed by atoms with Crippen LogP contribution in [0.5, 0.6) is 0 Å². The number of hydrogen-bond donors (Lipinski definition) is 1. The highest BCUT2D eigenvalue weighted by Crippen LogP contribution is 2.47. The maximum absolute atomic E-state index is 4.48. The van der Waals surface area contributed by atoms with Gasteiger partial charge in [-0.2, -0.15) is 5.10 Å². The van der Waals surface area contributed by atoms with E-state index in [0.717, 1.165) is 24.7 Å². The Bertz CT molecular complexity index is 406. The molecule has 4 heteroatoms. The second-order valence-electron chi connectivity index (χ2n) is 6.86. The van der Waals surface area contributed by atoms with E-state index in [2.05, 4.69) is 54.7 Å². The van der Waals surface area contributed by atoms with Crippen molar-refractivity contribution in [1.29, 1.82) is 0 Å². The van der Waals surface area contributed by atoms with Gasteiger partial charge in [-0.3, -0.25) is 0 Å². The highest BCUT2D eigenvalue weighted by Gasteiger charge is 2.42. The maximum Gasteiger partial charge on any atom is 0.138 e. The minimum absolute atomic E-state index is 0.309. The molecule has 0 aromatic carbocycles. The fraction of sp³-hybridized carbons (Fsp3) is 0.867. The van der Waals surface area contributed by atoms with Gasteiger partial charge in [-0.05, 0) is 38.0 Å². The Morgan fingerprint density at radius 1 is 1.37 bits per heavy atom. The van der Waals surface area contributed by atoms with Crippen molar-refractivity contribution in [3.8, 4) is 0 Å². The Hall–Kier alpha value is -0.900. The van der Waals surface area contributed by atoms with Gasteiger partial charge in [0, 0.05) is 25.0 Å². The molecule has 1 fully saturated rings. The molecule has 108 valence electrons. The van der Waals surface area contributed by atoms with E-state index in [4.69, 9.17) is 0 Å². The van der Waals surface area contributed by atoms with Gasteiger partial charge in [0.2, 0.25) is 0 Å². The molecule has 1 heterocycles. The lowest BCUT2D eigenvalue weighted by molar-refractivity contribution is 0.238. The van der Waals surface area contributed by atoms with Gasteiger partial charge in [-0.25, -0.2) is 9.67 Å². The largest absolute Gasteiger partial charge is 0.314 e. The summed E-state index contributed by atoms with van der Waals surface area (Å²) < 4.78 is 2.07. The maximum atomic E-state index is 4.48. The lowest BCUT2D eigenvalue weighted by atomic mass is 9.80. The molecule has 1 atom stereocenters. The van der Waals surface area contributed by atoms with Gasteiger partial charge < -0.3 is 5.32 Å². The lowest BCUT2D eigenvalue weighted by Crippen LogP contribution is -2.39. The molecule has 0 saturated heterocycles. The van der Waals surface area contributed by atoms with Crippen LogP contribution in [0.2, 0.25) is 0 Å². The van der Waals surface area contributed by atoms with Crippen molar-refractivity contribution >= 4 is 0 Å². The van der Waals surface area contributed by atoms with Gasteiger partial charge in [0.15, 0.2) is 0 Å². The van der Waals surface area contributed by atoms with Crippen molar-refractivity contribution in [1.82, 2.24) is 20.1 Å². The molecule has 1 aliphatic carbocycles. The van der Waals surface area contributed by atoms with Crippen molar-refractivity contribution in [3.05, 3.63) is 12.2 Å². The van der Waals surface area contributed by atoms with Crippen molar-refractivity contribution in [2.24, 2.45) is 11.3 Å². The van der Waals surface area contributed by atoms with E-state index < -0.39 is 0 Å². The highest BCUT2D eigenvalue weighted by atomic mass is 15.3. The highest BCUT2D eigenvalue weighted by molar-refractivity contribution is 5.01. The molecule has 1 N–H and O–H groups in total. The van der Waals surface area contributed by atoms with E-state index in [0.29, 0.717) is 17.5 Å². The average Bonchev–Trinajstić information content (AvgIpc) is 3.08. The fourth-order valence-corrected chi connectivity index (χ4v) is 2.76. The van der Waals surface area contributed by atoms with Crippen LogP contribution >= 0.6 is 0 Å². The van der Waals surface area contributed by atoms with Crippen LogP contribution in [-0.4, -0.2) is 27.4 Å². The second kappa shape index (κ2) is 5.61. The standard InChI is InChI=1S/C15H28N4/c1-11(2)16-9-15(5,13-6-7-13)8-14-17-10-18-19(14)12(3)4/h10-13,16H,6-9H2,1-5H3. The third-order valence-corrected chi connectivity index (χ3v) is 4.18. The monoisotopic (exact) mass is 264 g/mol. The molecule has 0 amide bonds. The van der Waals surface area contributed by atoms with Crippen molar-refractivity contribution in [2.75, 3.05) is 6.54 Å². The summed E-state index contributed by atoms with van der Waals surface area (Å²) in [5, 5.41) is 7.97. The quantitative estimate of drug-likeness (QED) is 0.823. The summed E-state index contributed by atoms with van der Waals surface area (Å²) in [5.74, 6) is 1.98. The first-order valence-electron chi connectivity index (χ1n) is 7.54. The molecule has 0 aliphatic heterocycles. The summed E-state index contributed by atoms with van der Waals surface area (Å²) in [5.41, 5.74) is 0.309. The Labute approximate surface area is 117 Å². The minimum Gasteiger partial charge on any atom is -0.314 e. The molecular weight excluding hydrogens is 236 g/mol. The first kappa shape index (κ1) is 14.5. The molecule has 4 nitrogen and oxygen atoms in total. The molecule has 0 bridgehead atoms. The SMILES string of the molecule is CC(C)NCC(C)(Cc1ncnn1C(C)C)C1CC1. The summed E-state index contributed by atoms with van der Waals surface area (Å²) in [7, 11) is 0. The van der Waals surface area contributed by atoms with Gasteiger partial charge >= 0.3 is 0 Å². The van der Waals surface area contributed by atoms with Gasteiger partial charge in [-0.15, -0.1) is 0 Å². The molecular formula is C15H28N4. The van der Waals surface area contributed by atoms with Crippen LogP contribution in [0.15, 0.2) is 6.33 Å². The molecule has 19 heavy (non-hydrogen) atoms. The Balaban J connectivity index is 2.09. The van der Waals surface area contributed by atoms with E-state index in [-0.39, 0.29) is 0 Å². The number of rotatable bonds is 7. The zero-order valence-corrected chi connectivity index (χ0v) is 13.0. The van der Waals surface area contributed by atoms with Crippen LogP contribution in [0, 0.1) is 11.3 Å². The summed E-state index contributed by atoms with van der Waals surface area (Å²) in [6.45, 7) is 12.2. The molecule has 0 radical (unpaired) electrons. The zero-order valence-electron chi connectivity index (χ0n) is 13.0.